The Morgan fingerprint density at radius 2 is 2.06 bits per heavy atom. The van der Waals surface area contributed by atoms with Crippen LogP contribution in [-0.2, 0) is 9.84 Å². The maximum absolute atomic E-state index is 10.9. The summed E-state index contributed by atoms with van der Waals surface area (Å²) in [5, 5.41) is 3.03. The number of halogens is 1. The van der Waals surface area contributed by atoms with Gasteiger partial charge in [0.2, 0.25) is 0 Å². The van der Waals surface area contributed by atoms with Crippen LogP contribution in [0.3, 0.4) is 0 Å². The van der Waals surface area contributed by atoms with Crippen molar-refractivity contribution in [1.82, 2.24) is 5.32 Å². The van der Waals surface area contributed by atoms with Gasteiger partial charge in [-0.3, -0.25) is 0 Å². The molecule has 0 spiro atoms. The van der Waals surface area contributed by atoms with Crippen LogP contribution in [0.25, 0.3) is 0 Å². The normalized spacial score (nSPS) is 11.5. The average molecular weight is 336 g/mol. The molecule has 0 unspecified atom stereocenters. The Balaban J connectivity index is 2.24. The van der Waals surface area contributed by atoms with Gasteiger partial charge in [-0.1, -0.05) is 22.0 Å². The van der Waals surface area contributed by atoms with E-state index in [1.165, 1.54) is 6.26 Å². The van der Waals surface area contributed by atoms with Crippen molar-refractivity contribution < 1.29 is 13.2 Å². The molecule has 1 N–H and O–H groups in total. The second-order valence-electron chi connectivity index (χ2n) is 4.14. The van der Waals surface area contributed by atoms with Gasteiger partial charge in [0.05, 0.1) is 5.75 Å². The van der Waals surface area contributed by atoms with Crippen molar-refractivity contribution >= 4 is 25.8 Å². The molecule has 4 nitrogen and oxygen atoms in total. The number of aryl methyl sites for hydroxylation is 1. The van der Waals surface area contributed by atoms with Crippen LogP contribution in [0.5, 0.6) is 5.75 Å². The van der Waals surface area contributed by atoms with Crippen molar-refractivity contribution in [2.24, 2.45) is 0 Å². The van der Waals surface area contributed by atoms with Crippen molar-refractivity contribution in [2.75, 3.05) is 31.7 Å². The highest BCUT2D eigenvalue weighted by Crippen LogP contribution is 2.22. The summed E-state index contributed by atoms with van der Waals surface area (Å²) in [6.45, 7) is 3.58. The molecule has 0 saturated carbocycles. The monoisotopic (exact) mass is 335 g/mol. The van der Waals surface area contributed by atoms with Gasteiger partial charge in [0.1, 0.15) is 22.2 Å². The summed E-state index contributed by atoms with van der Waals surface area (Å²) in [6.07, 6.45) is 1.23. The zero-order valence-corrected chi connectivity index (χ0v) is 13.0. The Hall–Kier alpha value is -0.590. The third-order valence-corrected chi connectivity index (χ3v) is 3.78. The molecule has 0 aromatic heterocycles. The lowest BCUT2D eigenvalue weighted by molar-refractivity contribution is 0.313. The highest BCUT2D eigenvalue weighted by molar-refractivity contribution is 9.10. The van der Waals surface area contributed by atoms with Crippen LogP contribution in [0.4, 0.5) is 0 Å². The molecular formula is C12H18BrNO3S. The number of sulfone groups is 1. The number of rotatable bonds is 7. The first-order valence-corrected chi connectivity index (χ1v) is 8.51. The van der Waals surface area contributed by atoms with E-state index in [1.54, 1.807) is 0 Å². The third kappa shape index (κ3) is 6.37. The molecule has 0 fully saturated rings. The van der Waals surface area contributed by atoms with E-state index in [1.807, 2.05) is 25.1 Å². The van der Waals surface area contributed by atoms with Gasteiger partial charge in [0.15, 0.2) is 0 Å². The number of hydrogen-bond acceptors (Lipinski definition) is 4. The quantitative estimate of drug-likeness (QED) is 0.771. The van der Waals surface area contributed by atoms with Crippen LogP contribution in [0.2, 0.25) is 0 Å². The summed E-state index contributed by atoms with van der Waals surface area (Å²) in [7, 11) is -2.89. The van der Waals surface area contributed by atoms with E-state index in [4.69, 9.17) is 4.74 Å². The van der Waals surface area contributed by atoms with E-state index < -0.39 is 9.84 Å². The minimum absolute atomic E-state index is 0.156. The zero-order valence-electron chi connectivity index (χ0n) is 10.6. The first-order chi connectivity index (χ1) is 8.38. The first-order valence-electron chi connectivity index (χ1n) is 5.66. The van der Waals surface area contributed by atoms with E-state index in [0.717, 1.165) is 15.8 Å². The Kier molecular flexibility index (Phi) is 6.11. The highest BCUT2D eigenvalue weighted by atomic mass is 79.9. The number of benzene rings is 1. The summed E-state index contributed by atoms with van der Waals surface area (Å²) in [5.41, 5.74) is 1.08. The molecule has 0 aliphatic heterocycles. The number of nitrogens with one attached hydrogen (secondary N) is 1. The second kappa shape index (κ2) is 7.11. The van der Waals surface area contributed by atoms with Gasteiger partial charge >= 0.3 is 0 Å². The van der Waals surface area contributed by atoms with Gasteiger partial charge in [-0.2, -0.15) is 0 Å². The van der Waals surface area contributed by atoms with Crippen molar-refractivity contribution in [1.29, 1.82) is 0 Å². The van der Waals surface area contributed by atoms with E-state index in [0.29, 0.717) is 19.7 Å². The van der Waals surface area contributed by atoms with Gasteiger partial charge in [-0.05, 0) is 24.6 Å². The molecule has 18 heavy (non-hydrogen) atoms. The first kappa shape index (κ1) is 15.5. The maximum Gasteiger partial charge on any atom is 0.148 e. The molecule has 0 bridgehead atoms. The van der Waals surface area contributed by atoms with Crippen LogP contribution < -0.4 is 10.1 Å². The van der Waals surface area contributed by atoms with Crippen LogP contribution in [0.1, 0.15) is 5.56 Å². The van der Waals surface area contributed by atoms with E-state index in [9.17, 15) is 8.42 Å². The molecular weight excluding hydrogens is 318 g/mol. The summed E-state index contributed by atoms with van der Waals surface area (Å²) >= 11 is 3.39. The number of ether oxygens (including phenoxy) is 1. The highest BCUT2D eigenvalue weighted by Gasteiger charge is 2.02. The molecule has 1 aromatic carbocycles. The molecule has 1 aromatic rings. The molecule has 0 saturated heterocycles. The van der Waals surface area contributed by atoms with Crippen LogP contribution in [0.15, 0.2) is 22.7 Å². The van der Waals surface area contributed by atoms with E-state index in [-0.39, 0.29) is 5.75 Å². The van der Waals surface area contributed by atoms with Crippen molar-refractivity contribution in [3.8, 4) is 5.75 Å². The smallest absolute Gasteiger partial charge is 0.148 e. The lowest BCUT2D eigenvalue weighted by Crippen LogP contribution is -2.26. The molecule has 0 atom stereocenters. The second-order valence-corrected chi connectivity index (χ2v) is 7.31. The van der Waals surface area contributed by atoms with Gasteiger partial charge in [-0.15, -0.1) is 0 Å². The predicted octanol–water partition coefficient (Wildman–Crippen LogP) is 1.77. The van der Waals surface area contributed by atoms with Crippen molar-refractivity contribution in [3.63, 3.8) is 0 Å². The van der Waals surface area contributed by atoms with Crippen molar-refractivity contribution in [3.05, 3.63) is 28.2 Å². The Morgan fingerprint density at radius 1 is 1.33 bits per heavy atom. The predicted molar refractivity (Wildman–Crippen MR) is 77.0 cm³/mol. The lowest BCUT2D eigenvalue weighted by atomic mass is 10.2. The van der Waals surface area contributed by atoms with Crippen molar-refractivity contribution in [2.45, 2.75) is 6.92 Å². The zero-order chi connectivity index (χ0) is 13.6. The fourth-order valence-electron chi connectivity index (χ4n) is 1.35. The molecule has 0 amide bonds. The number of hydrogen-bond donors (Lipinski definition) is 1. The average Bonchev–Trinajstić information content (AvgIpc) is 2.26. The van der Waals surface area contributed by atoms with Crippen LogP contribution in [0, 0.1) is 6.92 Å². The topological polar surface area (TPSA) is 55.4 Å². The summed E-state index contributed by atoms with van der Waals surface area (Å²) in [6, 6.07) is 5.87. The SMILES string of the molecule is Cc1ccc(Br)cc1OCCNCCS(C)(=O)=O. The molecule has 0 heterocycles. The maximum atomic E-state index is 10.9. The largest absolute Gasteiger partial charge is 0.492 e. The Morgan fingerprint density at radius 3 is 2.72 bits per heavy atom. The minimum Gasteiger partial charge on any atom is -0.492 e. The van der Waals surface area contributed by atoms with E-state index >= 15 is 0 Å². The Bertz CT molecular complexity index is 488. The fraction of sp³-hybridized carbons (Fsp3) is 0.500. The molecule has 102 valence electrons. The summed E-state index contributed by atoms with van der Waals surface area (Å²) < 4.78 is 28.4. The summed E-state index contributed by atoms with van der Waals surface area (Å²) in [5.74, 6) is 0.998. The standard InChI is InChI=1S/C12H18BrNO3S/c1-10-3-4-11(13)9-12(10)17-7-5-14-6-8-18(2,15)16/h3-4,9,14H,5-8H2,1-2H3. The lowest BCUT2D eigenvalue weighted by Gasteiger charge is -2.10. The van der Waals surface area contributed by atoms with Gasteiger partial charge in [0, 0.05) is 23.8 Å². The molecule has 0 radical (unpaired) electrons. The Labute approximate surface area is 117 Å². The van der Waals surface area contributed by atoms with Gasteiger partial charge in [-0.25, -0.2) is 8.42 Å². The molecule has 0 aliphatic carbocycles. The van der Waals surface area contributed by atoms with Crippen LogP contribution >= 0.6 is 15.9 Å². The van der Waals surface area contributed by atoms with Crippen LogP contribution in [-0.4, -0.2) is 40.1 Å². The third-order valence-electron chi connectivity index (χ3n) is 2.34. The fourth-order valence-corrected chi connectivity index (χ4v) is 2.20. The molecule has 1 rings (SSSR count). The molecule has 6 heteroatoms. The molecule has 0 aliphatic rings. The van der Waals surface area contributed by atoms with Gasteiger partial charge < -0.3 is 10.1 Å². The van der Waals surface area contributed by atoms with Gasteiger partial charge in [0.25, 0.3) is 0 Å². The van der Waals surface area contributed by atoms with E-state index in [2.05, 4.69) is 21.2 Å². The summed E-state index contributed by atoms with van der Waals surface area (Å²) in [4.78, 5) is 0. The minimum atomic E-state index is -2.89.